The SMILES string of the molecule is Cc1c(C(=O)NC[C@H]2CCCO2)oc2ccc(S(=O)(=O)N3C[C@H](C)C[C@H](C)C3)cc12. The monoisotopic (exact) mass is 434 g/mol. The number of rotatable bonds is 5. The average molecular weight is 435 g/mol. The van der Waals surface area contributed by atoms with E-state index in [9.17, 15) is 13.2 Å². The number of furan rings is 1. The van der Waals surface area contributed by atoms with Gasteiger partial charge in [0.1, 0.15) is 5.58 Å². The van der Waals surface area contributed by atoms with E-state index in [1.54, 1.807) is 29.4 Å². The van der Waals surface area contributed by atoms with Crippen molar-refractivity contribution in [1.82, 2.24) is 9.62 Å². The fourth-order valence-electron chi connectivity index (χ4n) is 4.62. The zero-order valence-electron chi connectivity index (χ0n) is 17.8. The summed E-state index contributed by atoms with van der Waals surface area (Å²) in [6.07, 6.45) is 3.03. The lowest BCUT2D eigenvalue weighted by Gasteiger charge is -2.34. The summed E-state index contributed by atoms with van der Waals surface area (Å²) in [4.78, 5) is 12.8. The predicted octanol–water partition coefficient (Wildman–Crippen LogP) is 3.32. The average Bonchev–Trinajstić information content (AvgIpc) is 3.33. The lowest BCUT2D eigenvalue weighted by Crippen LogP contribution is -2.42. The molecule has 1 amide bonds. The summed E-state index contributed by atoms with van der Waals surface area (Å²) in [7, 11) is -3.59. The molecule has 1 aromatic heterocycles. The normalized spacial score (nSPS) is 25.6. The molecule has 2 fully saturated rings. The first-order valence-corrected chi connectivity index (χ1v) is 12.1. The largest absolute Gasteiger partial charge is 0.451 e. The first-order chi connectivity index (χ1) is 14.3. The molecule has 0 aliphatic carbocycles. The molecule has 0 bridgehead atoms. The third-order valence-electron chi connectivity index (χ3n) is 6.10. The zero-order valence-corrected chi connectivity index (χ0v) is 18.6. The first kappa shape index (κ1) is 21.3. The van der Waals surface area contributed by atoms with Crippen LogP contribution in [0.2, 0.25) is 0 Å². The number of nitrogens with one attached hydrogen (secondary N) is 1. The number of fused-ring (bicyclic) bond motifs is 1. The van der Waals surface area contributed by atoms with Crippen molar-refractivity contribution in [2.75, 3.05) is 26.2 Å². The Morgan fingerprint density at radius 1 is 1.23 bits per heavy atom. The highest BCUT2D eigenvalue weighted by Gasteiger charge is 2.32. The van der Waals surface area contributed by atoms with Gasteiger partial charge in [-0.3, -0.25) is 4.79 Å². The maximum Gasteiger partial charge on any atom is 0.287 e. The number of amides is 1. The predicted molar refractivity (Wildman–Crippen MR) is 114 cm³/mol. The van der Waals surface area contributed by atoms with Gasteiger partial charge in [0, 0.05) is 37.2 Å². The molecular formula is C22H30N2O5S. The lowest BCUT2D eigenvalue weighted by molar-refractivity contribution is 0.0836. The molecule has 7 nitrogen and oxygen atoms in total. The van der Waals surface area contributed by atoms with Crippen LogP contribution in [-0.4, -0.2) is 51.0 Å². The Labute approximate surface area is 177 Å². The summed E-state index contributed by atoms with van der Waals surface area (Å²) in [5.41, 5.74) is 1.15. The minimum Gasteiger partial charge on any atom is -0.451 e. The highest BCUT2D eigenvalue weighted by molar-refractivity contribution is 7.89. The second kappa shape index (κ2) is 8.32. The van der Waals surface area contributed by atoms with Gasteiger partial charge in [-0.1, -0.05) is 13.8 Å². The van der Waals surface area contributed by atoms with Crippen molar-refractivity contribution in [1.29, 1.82) is 0 Å². The quantitative estimate of drug-likeness (QED) is 0.780. The molecule has 2 aliphatic heterocycles. The van der Waals surface area contributed by atoms with E-state index < -0.39 is 10.0 Å². The van der Waals surface area contributed by atoms with Gasteiger partial charge < -0.3 is 14.5 Å². The summed E-state index contributed by atoms with van der Waals surface area (Å²) < 4.78 is 39.3. The number of nitrogens with zero attached hydrogens (tertiary/aromatic N) is 1. The van der Waals surface area contributed by atoms with Crippen LogP contribution in [-0.2, 0) is 14.8 Å². The summed E-state index contributed by atoms with van der Waals surface area (Å²) in [5.74, 6) is 0.587. The van der Waals surface area contributed by atoms with Crippen molar-refractivity contribution in [3.63, 3.8) is 0 Å². The van der Waals surface area contributed by atoms with Gasteiger partial charge >= 0.3 is 0 Å². The summed E-state index contributed by atoms with van der Waals surface area (Å²) in [5, 5.41) is 3.51. The Morgan fingerprint density at radius 3 is 2.63 bits per heavy atom. The summed E-state index contributed by atoms with van der Waals surface area (Å²) in [6.45, 7) is 8.20. The van der Waals surface area contributed by atoms with Gasteiger partial charge in [-0.15, -0.1) is 0 Å². The van der Waals surface area contributed by atoms with E-state index in [1.165, 1.54) is 0 Å². The molecule has 3 heterocycles. The smallest absolute Gasteiger partial charge is 0.287 e. The Morgan fingerprint density at radius 2 is 1.97 bits per heavy atom. The second-order valence-corrected chi connectivity index (χ2v) is 10.8. The van der Waals surface area contributed by atoms with Crippen LogP contribution < -0.4 is 5.32 Å². The summed E-state index contributed by atoms with van der Waals surface area (Å²) in [6, 6.07) is 4.84. The van der Waals surface area contributed by atoms with E-state index in [0.29, 0.717) is 48.0 Å². The van der Waals surface area contributed by atoms with Gasteiger partial charge in [0.05, 0.1) is 11.0 Å². The lowest BCUT2D eigenvalue weighted by atomic mass is 9.94. The Kier molecular flexibility index (Phi) is 5.92. The number of carbonyl (C=O) groups is 1. The first-order valence-electron chi connectivity index (χ1n) is 10.7. The van der Waals surface area contributed by atoms with Crippen LogP contribution in [0.1, 0.15) is 49.2 Å². The highest BCUT2D eigenvalue weighted by atomic mass is 32.2. The third kappa shape index (κ3) is 4.13. The maximum atomic E-state index is 13.2. The fourth-order valence-corrected chi connectivity index (χ4v) is 6.33. The molecule has 0 radical (unpaired) electrons. The van der Waals surface area contributed by atoms with E-state index in [2.05, 4.69) is 19.2 Å². The zero-order chi connectivity index (χ0) is 21.5. The van der Waals surface area contributed by atoms with Gasteiger partial charge in [-0.05, 0) is 56.2 Å². The number of piperidine rings is 1. The van der Waals surface area contributed by atoms with Crippen LogP contribution in [0.15, 0.2) is 27.5 Å². The summed E-state index contributed by atoms with van der Waals surface area (Å²) >= 11 is 0. The van der Waals surface area contributed by atoms with Crippen molar-refractivity contribution >= 4 is 26.9 Å². The van der Waals surface area contributed by atoms with E-state index in [-0.39, 0.29) is 22.7 Å². The second-order valence-electron chi connectivity index (χ2n) is 8.83. The van der Waals surface area contributed by atoms with Gasteiger partial charge in [-0.2, -0.15) is 4.31 Å². The molecular weight excluding hydrogens is 404 g/mol. The van der Waals surface area contributed by atoms with Crippen LogP contribution >= 0.6 is 0 Å². The molecule has 2 aromatic rings. The topological polar surface area (TPSA) is 88.8 Å². The van der Waals surface area contributed by atoms with Crippen molar-refractivity contribution < 1.29 is 22.4 Å². The molecule has 0 unspecified atom stereocenters. The molecule has 2 saturated heterocycles. The van der Waals surface area contributed by atoms with Crippen LogP contribution in [0.25, 0.3) is 11.0 Å². The van der Waals surface area contributed by atoms with E-state index in [1.807, 2.05) is 0 Å². The van der Waals surface area contributed by atoms with Crippen LogP contribution in [0.3, 0.4) is 0 Å². The Balaban J connectivity index is 1.58. The van der Waals surface area contributed by atoms with E-state index in [0.717, 1.165) is 25.9 Å². The number of carbonyl (C=O) groups excluding carboxylic acids is 1. The molecule has 30 heavy (non-hydrogen) atoms. The Bertz CT molecular complexity index is 1030. The fraction of sp³-hybridized carbons (Fsp3) is 0.591. The van der Waals surface area contributed by atoms with Crippen molar-refractivity contribution in [2.24, 2.45) is 11.8 Å². The molecule has 3 atom stereocenters. The van der Waals surface area contributed by atoms with Crippen molar-refractivity contribution in [2.45, 2.75) is 51.0 Å². The van der Waals surface area contributed by atoms with Gasteiger partial charge in [0.15, 0.2) is 5.76 Å². The molecule has 0 spiro atoms. The molecule has 1 aromatic carbocycles. The molecule has 164 valence electrons. The number of hydrogen-bond donors (Lipinski definition) is 1. The number of benzene rings is 1. The van der Waals surface area contributed by atoms with Crippen LogP contribution in [0, 0.1) is 18.8 Å². The highest BCUT2D eigenvalue weighted by Crippen LogP contribution is 2.31. The van der Waals surface area contributed by atoms with Crippen LogP contribution in [0.4, 0.5) is 0 Å². The third-order valence-corrected chi connectivity index (χ3v) is 7.93. The number of hydrogen-bond acceptors (Lipinski definition) is 5. The Hall–Kier alpha value is -1.90. The molecule has 4 rings (SSSR count). The molecule has 2 aliphatic rings. The van der Waals surface area contributed by atoms with Crippen LogP contribution in [0.5, 0.6) is 0 Å². The van der Waals surface area contributed by atoms with Crippen molar-refractivity contribution in [3.05, 3.63) is 29.5 Å². The van der Waals surface area contributed by atoms with Gasteiger partial charge in [0.2, 0.25) is 10.0 Å². The molecule has 0 saturated carbocycles. The van der Waals surface area contributed by atoms with Gasteiger partial charge in [-0.25, -0.2) is 8.42 Å². The minimum absolute atomic E-state index is 0.0460. The molecule has 8 heteroatoms. The van der Waals surface area contributed by atoms with E-state index >= 15 is 0 Å². The van der Waals surface area contributed by atoms with Gasteiger partial charge in [0.25, 0.3) is 5.91 Å². The minimum atomic E-state index is -3.59. The van der Waals surface area contributed by atoms with Crippen molar-refractivity contribution in [3.8, 4) is 0 Å². The standard InChI is InChI=1S/C22H30N2O5S/c1-14-9-15(2)13-24(12-14)30(26,27)18-6-7-20-19(10-18)16(3)21(29-20)22(25)23-11-17-5-4-8-28-17/h6-7,10,14-15,17H,4-5,8-9,11-13H2,1-3H3,(H,23,25)/t14-,15+,17-/m1/s1. The number of ether oxygens (including phenoxy) is 1. The maximum absolute atomic E-state index is 13.2. The molecule has 1 N–H and O–H groups in total. The number of sulfonamides is 1. The van der Waals surface area contributed by atoms with E-state index in [4.69, 9.17) is 9.15 Å². The number of aryl methyl sites for hydroxylation is 1.